The molecule has 0 unspecified atom stereocenters. The van der Waals surface area contributed by atoms with Crippen molar-refractivity contribution >= 4 is 0 Å². The minimum Gasteiger partial charge on any atom is -0.493 e. The number of hydrogen-bond donors (Lipinski definition) is 1. The molecule has 1 aromatic heterocycles. The van der Waals surface area contributed by atoms with Gasteiger partial charge in [-0.25, -0.2) is 0 Å². The Bertz CT molecular complexity index is 635. The molecule has 0 radical (unpaired) electrons. The smallest absolute Gasteiger partial charge is 0.122 e. The first kappa shape index (κ1) is 14.2. The highest BCUT2D eigenvalue weighted by atomic mass is 16.5. The largest absolute Gasteiger partial charge is 0.493 e. The van der Waals surface area contributed by atoms with Crippen molar-refractivity contribution in [2.24, 2.45) is 7.05 Å². The van der Waals surface area contributed by atoms with Crippen LogP contribution in [-0.4, -0.2) is 28.1 Å². The van der Waals surface area contributed by atoms with E-state index in [2.05, 4.69) is 16.9 Å². The molecular weight excluding hydrogens is 252 g/mol. The van der Waals surface area contributed by atoms with E-state index in [0.717, 1.165) is 29.0 Å². The number of aromatic nitrogens is 2. The average Bonchev–Trinajstić information content (AvgIpc) is 2.84. The number of hydrogen-bond acceptors (Lipinski definition) is 3. The standard InChI is InChI=1S/C16H18N2O2/c1-13-12-14(4-3-10-19)5-6-16(13)20-11-8-15-7-9-17-18(15)2/h5-7,9,12,19H,8,10-11H2,1-2H3. The third kappa shape index (κ3) is 3.62. The molecule has 104 valence electrons. The van der Waals surface area contributed by atoms with E-state index in [9.17, 15) is 0 Å². The first-order chi connectivity index (χ1) is 9.70. The third-order valence-corrected chi connectivity index (χ3v) is 3.02. The SMILES string of the molecule is Cc1cc(C#CCO)ccc1OCCc1ccnn1C. The normalized spacial score (nSPS) is 9.95. The summed E-state index contributed by atoms with van der Waals surface area (Å²) in [7, 11) is 1.93. The summed E-state index contributed by atoms with van der Waals surface area (Å²) in [6, 6.07) is 7.76. The van der Waals surface area contributed by atoms with Gasteiger partial charge in [-0.3, -0.25) is 4.68 Å². The molecule has 1 aromatic carbocycles. The molecule has 0 fully saturated rings. The second-order valence-electron chi connectivity index (χ2n) is 4.48. The van der Waals surface area contributed by atoms with Gasteiger partial charge in [-0.1, -0.05) is 11.8 Å². The lowest BCUT2D eigenvalue weighted by Crippen LogP contribution is -2.06. The van der Waals surface area contributed by atoms with Gasteiger partial charge in [-0.05, 0) is 36.8 Å². The molecule has 2 rings (SSSR count). The molecular formula is C16H18N2O2. The van der Waals surface area contributed by atoms with E-state index in [1.807, 2.05) is 42.9 Å². The average molecular weight is 270 g/mol. The molecule has 0 atom stereocenters. The minimum atomic E-state index is -0.123. The first-order valence-corrected chi connectivity index (χ1v) is 6.51. The van der Waals surface area contributed by atoms with Crippen LogP contribution < -0.4 is 4.74 Å². The molecule has 20 heavy (non-hydrogen) atoms. The maximum Gasteiger partial charge on any atom is 0.122 e. The summed E-state index contributed by atoms with van der Waals surface area (Å²) < 4.78 is 7.64. The van der Waals surface area contributed by atoms with Crippen LogP contribution in [0, 0.1) is 18.8 Å². The van der Waals surface area contributed by atoms with Gasteiger partial charge in [0, 0.05) is 30.9 Å². The predicted octanol–water partition coefficient (Wildman–Crippen LogP) is 1.69. The van der Waals surface area contributed by atoms with Crippen molar-refractivity contribution in [3.8, 4) is 17.6 Å². The lowest BCUT2D eigenvalue weighted by molar-refractivity contribution is 0.316. The lowest BCUT2D eigenvalue weighted by atomic mass is 10.1. The van der Waals surface area contributed by atoms with Crippen molar-refractivity contribution in [2.75, 3.05) is 13.2 Å². The van der Waals surface area contributed by atoms with Crippen molar-refractivity contribution in [3.05, 3.63) is 47.3 Å². The fraction of sp³-hybridized carbons (Fsp3) is 0.312. The molecule has 1 N–H and O–H groups in total. The van der Waals surface area contributed by atoms with E-state index >= 15 is 0 Å². The summed E-state index contributed by atoms with van der Waals surface area (Å²) in [5.41, 5.74) is 3.07. The van der Waals surface area contributed by atoms with Crippen LogP contribution in [0.1, 0.15) is 16.8 Å². The van der Waals surface area contributed by atoms with Crippen molar-refractivity contribution in [3.63, 3.8) is 0 Å². The third-order valence-electron chi connectivity index (χ3n) is 3.02. The van der Waals surface area contributed by atoms with E-state index in [4.69, 9.17) is 9.84 Å². The molecule has 0 bridgehead atoms. The van der Waals surface area contributed by atoms with Crippen molar-refractivity contribution < 1.29 is 9.84 Å². The summed E-state index contributed by atoms with van der Waals surface area (Å²) in [5, 5.41) is 12.8. The molecule has 1 heterocycles. The molecule has 0 saturated carbocycles. The maximum absolute atomic E-state index is 8.68. The van der Waals surface area contributed by atoms with Crippen molar-refractivity contribution in [1.82, 2.24) is 9.78 Å². The number of aliphatic hydroxyl groups is 1. The number of rotatable bonds is 4. The Kier molecular flexibility index (Phi) is 4.80. The van der Waals surface area contributed by atoms with Crippen molar-refractivity contribution in [2.45, 2.75) is 13.3 Å². The molecule has 0 aliphatic heterocycles. The number of aryl methyl sites for hydroxylation is 2. The van der Waals surface area contributed by atoms with Crippen LogP contribution in [0.15, 0.2) is 30.5 Å². The number of aliphatic hydroxyl groups excluding tert-OH is 1. The zero-order chi connectivity index (χ0) is 14.4. The zero-order valence-corrected chi connectivity index (χ0v) is 11.8. The summed E-state index contributed by atoms with van der Waals surface area (Å²) in [5.74, 6) is 6.38. The number of nitrogens with zero attached hydrogens (tertiary/aromatic N) is 2. The van der Waals surface area contributed by atoms with Gasteiger partial charge in [0.05, 0.1) is 6.61 Å². The molecule has 0 amide bonds. The van der Waals surface area contributed by atoms with E-state index < -0.39 is 0 Å². The molecule has 0 aliphatic rings. The quantitative estimate of drug-likeness (QED) is 0.860. The summed E-state index contributed by atoms with van der Waals surface area (Å²) in [6.07, 6.45) is 2.61. The van der Waals surface area contributed by atoms with Crippen molar-refractivity contribution in [1.29, 1.82) is 0 Å². The Balaban J connectivity index is 1.95. The van der Waals surface area contributed by atoms with Gasteiger partial charge in [-0.15, -0.1) is 0 Å². The van der Waals surface area contributed by atoms with Crippen LogP contribution in [0.2, 0.25) is 0 Å². The Hall–Kier alpha value is -2.25. The molecule has 0 aliphatic carbocycles. The second kappa shape index (κ2) is 6.78. The zero-order valence-electron chi connectivity index (χ0n) is 11.8. The number of benzene rings is 1. The Morgan fingerprint density at radius 3 is 2.85 bits per heavy atom. The molecule has 0 spiro atoms. The summed E-state index contributed by atoms with van der Waals surface area (Å²) in [4.78, 5) is 0. The van der Waals surface area contributed by atoms with Crippen LogP contribution >= 0.6 is 0 Å². The van der Waals surface area contributed by atoms with Crippen LogP contribution in [-0.2, 0) is 13.5 Å². The lowest BCUT2D eigenvalue weighted by Gasteiger charge is -2.09. The molecule has 4 heteroatoms. The van der Waals surface area contributed by atoms with Crippen LogP contribution in [0.3, 0.4) is 0 Å². The topological polar surface area (TPSA) is 47.3 Å². The highest BCUT2D eigenvalue weighted by Crippen LogP contribution is 2.19. The molecule has 2 aromatic rings. The summed E-state index contributed by atoms with van der Waals surface area (Å²) >= 11 is 0. The minimum absolute atomic E-state index is 0.123. The second-order valence-corrected chi connectivity index (χ2v) is 4.48. The fourth-order valence-electron chi connectivity index (χ4n) is 1.94. The fourth-order valence-corrected chi connectivity index (χ4v) is 1.94. The molecule has 0 saturated heterocycles. The highest BCUT2D eigenvalue weighted by Gasteiger charge is 2.02. The highest BCUT2D eigenvalue weighted by molar-refractivity contribution is 5.43. The van der Waals surface area contributed by atoms with E-state index in [1.54, 1.807) is 6.20 Å². The van der Waals surface area contributed by atoms with Crippen LogP contribution in [0.5, 0.6) is 5.75 Å². The monoisotopic (exact) mass is 270 g/mol. The van der Waals surface area contributed by atoms with Gasteiger partial charge in [0.25, 0.3) is 0 Å². The Labute approximate surface area is 119 Å². The predicted molar refractivity (Wildman–Crippen MR) is 77.5 cm³/mol. The van der Waals surface area contributed by atoms with Gasteiger partial charge in [0.1, 0.15) is 12.4 Å². The van der Waals surface area contributed by atoms with E-state index in [1.165, 1.54) is 0 Å². The van der Waals surface area contributed by atoms with Gasteiger partial charge in [0.15, 0.2) is 0 Å². The Morgan fingerprint density at radius 2 is 2.20 bits per heavy atom. The van der Waals surface area contributed by atoms with Gasteiger partial charge >= 0.3 is 0 Å². The van der Waals surface area contributed by atoms with Crippen LogP contribution in [0.4, 0.5) is 0 Å². The summed E-state index contributed by atoms with van der Waals surface area (Å²) in [6.45, 7) is 2.48. The van der Waals surface area contributed by atoms with Gasteiger partial charge in [-0.2, -0.15) is 5.10 Å². The van der Waals surface area contributed by atoms with E-state index in [-0.39, 0.29) is 6.61 Å². The number of ether oxygens (including phenoxy) is 1. The maximum atomic E-state index is 8.68. The Morgan fingerprint density at radius 1 is 1.35 bits per heavy atom. The first-order valence-electron chi connectivity index (χ1n) is 6.51. The van der Waals surface area contributed by atoms with Gasteiger partial charge < -0.3 is 9.84 Å². The molecule has 4 nitrogen and oxygen atoms in total. The van der Waals surface area contributed by atoms with Gasteiger partial charge in [0.2, 0.25) is 0 Å². The van der Waals surface area contributed by atoms with E-state index in [0.29, 0.717) is 6.61 Å². The van der Waals surface area contributed by atoms with Crippen LogP contribution in [0.25, 0.3) is 0 Å².